The van der Waals surface area contributed by atoms with E-state index < -0.39 is 29.9 Å². The highest BCUT2D eigenvalue weighted by Crippen LogP contribution is 2.34. The molecule has 1 fully saturated rings. The van der Waals surface area contributed by atoms with Gasteiger partial charge >= 0.3 is 6.03 Å². The largest absolute Gasteiger partial charge is 0.325 e. The first-order chi connectivity index (χ1) is 13.2. The second-order valence-corrected chi connectivity index (χ2v) is 7.51. The standard InChI is InChI=1S/C20H19Cl2N3O3/c1-3-12-4-7-14(8-5-12)23-17(26)11-25-18(27)20(2,24-19(25)28)15-9-6-13(21)10-16(15)22/h4-10H,3,11H2,1-2H3,(H,23,26)(H,24,28). The van der Waals surface area contributed by atoms with E-state index in [2.05, 4.69) is 10.6 Å². The van der Waals surface area contributed by atoms with Gasteiger partial charge in [0.05, 0.1) is 0 Å². The lowest BCUT2D eigenvalue weighted by molar-refractivity contribution is -0.133. The Morgan fingerprint density at radius 3 is 2.43 bits per heavy atom. The summed E-state index contributed by atoms with van der Waals surface area (Å²) in [7, 11) is 0. The molecule has 0 aliphatic carbocycles. The maximum absolute atomic E-state index is 12.9. The van der Waals surface area contributed by atoms with Gasteiger partial charge in [0.25, 0.3) is 5.91 Å². The molecule has 2 N–H and O–H groups in total. The van der Waals surface area contributed by atoms with Gasteiger partial charge in [0.2, 0.25) is 5.91 Å². The van der Waals surface area contributed by atoms with Crippen molar-refractivity contribution in [3.05, 3.63) is 63.6 Å². The van der Waals surface area contributed by atoms with Crippen LogP contribution in [0.5, 0.6) is 0 Å². The first-order valence-electron chi connectivity index (χ1n) is 8.73. The summed E-state index contributed by atoms with van der Waals surface area (Å²) in [4.78, 5) is 38.5. The fraction of sp³-hybridized carbons (Fsp3) is 0.250. The Balaban J connectivity index is 1.75. The molecule has 0 radical (unpaired) electrons. The smallest absolute Gasteiger partial charge is 0.325 e. The van der Waals surface area contributed by atoms with Crippen molar-refractivity contribution in [3.8, 4) is 0 Å². The van der Waals surface area contributed by atoms with Gasteiger partial charge in [0.15, 0.2) is 0 Å². The Morgan fingerprint density at radius 2 is 1.82 bits per heavy atom. The van der Waals surface area contributed by atoms with Gasteiger partial charge in [0, 0.05) is 21.3 Å². The third kappa shape index (κ3) is 3.84. The molecule has 8 heteroatoms. The van der Waals surface area contributed by atoms with Gasteiger partial charge in [0.1, 0.15) is 12.1 Å². The Morgan fingerprint density at radius 1 is 1.14 bits per heavy atom. The molecule has 1 aliphatic rings. The van der Waals surface area contributed by atoms with Crippen LogP contribution in [0.3, 0.4) is 0 Å². The molecular weight excluding hydrogens is 401 g/mol. The van der Waals surface area contributed by atoms with Crippen LogP contribution in [0, 0.1) is 0 Å². The predicted octanol–water partition coefficient (Wildman–Crippen LogP) is 3.96. The van der Waals surface area contributed by atoms with Crippen LogP contribution in [0.15, 0.2) is 42.5 Å². The molecule has 1 aliphatic heterocycles. The summed E-state index contributed by atoms with van der Waals surface area (Å²) in [5.41, 5.74) is 0.775. The van der Waals surface area contributed by atoms with E-state index in [9.17, 15) is 14.4 Å². The van der Waals surface area contributed by atoms with Gasteiger partial charge in [-0.2, -0.15) is 0 Å². The molecular formula is C20H19Cl2N3O3. The van der Waals surface area contributed by atoms with E-state index in [0.29, 0.717) is 16.3 Å². The molecule has 6 nitrogen and oxygen atoms in total. The van der Waals surface area contributed by atoms with Crippen LogP contribution in [-0.4, -0.2) is 29.3 Å². The number of rotatable bonds is 5. The van der Waals surface area contributed by atoms with Crippen molar-refractivity contribution in [1.29, 1.82) is 0 Å². The lowest BCUT2D eigenvalue weighted by Gasteiger charge is -2.23. The minimum absolute atomic E-state index is 0.256. The number of hydrogen-bond donors (Lipinski definition) is 2. The van der Waals surface area contributed by atoms with E-state index in [-0.39, 0.29) is 5.02 Å². The summed E-state index contributed by atoms with van der Waals surface area (Å²) in [5, 5.41) is 5.98. The van der Waals surface area contributed by atoms with Gasteiger partial charge in [-0.05, 0) is 43.2 Å². The summed E-state index contributed by atoms with van der Waals surface area (Å²) < 4.78 is 0. The Bertz CT molecular complexity index is 946. The Labute approximate surface area is 172 Å². The first kappa shape index (κ1) is 20.2. The van der Waals surface area contributed by atoms with Crippen molar-refractivity contribution < 1.29 is 14.4 Å². The molecule has 2 aromatic carbocycles. The normalized spacial score (nSPS) is 18.9. The molecule has 1 saturated heterocycles. The highest BCUT2D eigenvalue weighted by molar-refractivity contribution is 6.35. The first-order valence-corrected chi connectivity index (χ1v) is 9.48. The number of imide groups is 1. The number of anilines is 1. The minimum Gasteiger partial charge on any atom is -0.325 e. The zero-order valence-electron chi connectivity index (χ0n) is 15.4. The van der Waals surface area contributed by atoms with Crippen LogP contribution in [0.25, 0.3) is 0 Å². The molecule has 0 bridgehead atoms. The molecule has 1 atom stereocenters. The van der Waals surface area contributed by atoms with Gasteiger partial charge in [-0.15, -0.1) is 0 Å². The van der Waals surface area contributed by atoms with Crippen molar-refractivity contribution in [2.45, 2.75) is 25.8 Å². The van der Waals surface area contributed by atoms with Gasteiger partial charge < -0.3 is 10.6 Å². The Hall–Kier alpha value is -2.57. The summed E-state index contributed by atoms with van der Waals surface area (Å²) >= 11 is 12.1. The van der Waals surface area contributed by atoms with E-state index in [1.54, 1.807) is 31.2 Å². The molecule has 28 heavy (non-hydrogen) atoms. The SMILES string of the molecule is CCc1ccc(NC(=O)CN2C(=O)NC(C)(c3ccc(Cl)cc3Cl)C2=O)cc1. The van der Waals surface area contributed by atoms with Crippen molar-refractivity contribution in [3.63, 3.8) is 0 Å². The number of aryl methyl sites for hydroxylation is 1. The second kappa shape index (κ2) is 7.81. The van der Waals surface area contributed by atoms with Gasteiger partial charge in [-0.1, -0.05) is 48.3 Å². The molecule has 3 rings (SSSR count). The third-order valence-electron chi connectivity index (χ3n) is 4.69. The predicted molar refractivity (Wildman–Crippen MR) is 109 cm³/mol. The van der Waals surface area contributed by atoms with E-state index >= 15 is 0 Å². The summed E-state index contributed by atoms with van der Waals surface area (Å²) in [6.07, 6.45) is 0.891. The molecule has 0 aromatic heterocycles. The van der Waals surface area contributed by atoms with Crippen LogP contribution in [0.1, 0.15) is 25.0 Å². The van der Waals surface area contributed by atoms with E-state index in [1.807, 2.05) is 19.1 Å². The quantitative estimate of drug-likeness (QED) is 0.719. The lowest BCUT2D eigenvalue weighted by atomic mass is 9.92. The van der Waals surface area contributed by atoms with Crippen molar-refractivity contribution >= 4 is 46.7 Å². The summed E-state index contributed by atoms with van der Waals surface area (Å²) in [6, 6.07) is 11.4. The van der Waals surface area contributed by atoms with E-state index in [4.69, 9.17) is 23.2 Å². The topological polar surface area (TPSA) is 78.5 Å². The number of nitrogens with zero attached hydrogens (tertiary/aromatic N) is 1. The minimum atomic E-state index is -1.37. The number of carbonyl (C=O) groups is 3. The lowest BCUT2D eigenvalue weighted by Crippen LogP contribution is -2.42. The monoisotopic (exact) mass is 419 g/mol. The molecule has 0 spiro atoms. The number of urea groups is 1. The number of halogens is 2. The number of nitrogens with one attached hydrogen (secondary N) is 2. The average Bonchev–Trinajstić information content (AvgIpc) is 2.86. The van der Waals surface area contributed by atoms with Crippen LogP contribution in [0.2, 0.25) is 10.0 Å². The molecule has 1 unspecified atom stereocenters. The highest BCUT2D eigenvalue weighted by Gasteiger charge is 2.50. The molecule has 1 heterocycles. The van der Waals surface area contributed by atoms with E-state index in [1.165, 1.54) is 6.07 Å². The summed E-state index contributed by atoms with van der Waals surface area (Å²) in [5.74, 6) is -1.03. The molecule has 0 saturated carbocycles. The molecule has 2 aromatic rings. The second-order valence-electron chi connectivity index (χ2n) is 6.67. The maximum Gasteiger partial charge on any atom is 0.325 e. The highest BCUT2D eigenvalue weighted by atomic mass is 35.5. The van der Waals surface area contributed by atoms with Crippen LogP contribution in [-0.2, 0) is 21.5 Å². The molecule has 4 amide bonds. The molecule has 146 valence electrons. The zero-order valence-corrected chi connectivity index (χ0v) is 16.9. The van der Waals surface area contributed by atoms with Gasteiger partial charge in [-0.3, -0.25) is 14.5 Å². The number of hydrogen-bond acceptors (Lipinski definition) is 3. The zero-order chi connectivity index (χ0) is 20.5. The van der Waals surface area contributed by atoms with Crippen LogP contribution < -0.4 is 10.6 Å². The fourth-order valence-electron chi connectivity index (χ4n) is 3.09. The van der Waals surface area contributed by atoms with Crippen molar-refractivity contribution in [2.75, 3.05) is 11.9 Å². The summed E-state index contributed by atoms with van der Waals surface area (Å²) in [6.45, 7) is 3.18. The van der Waals surface area contributed by atoms with Crippen molar-refractivity contribution in [2.24, 2.45) is 0 Å². The average molecular weight is 420 g/mol. The number of benzene rings is 2. The third-order valence-corrected chi connectivity index (χ3v) is 5.24. The van der Waals surface area contributed by atoms with Gasteiger partial charge in [-0.25, -0.2) is 4.79 Å². The van der Waals surface area contributed by atoms with Crippen LogP contribution in [0.4, 0.5) is 10.5 Å². The number of carbonyl (C=O) groups excluding carboxylic acids is 3. The Kier molecular flexibility index (Phi) is 5.63. The van der Waals surface area contributed by atoms with Crippen LogP contribution >= 0.6 is 23.2 Å². The maximum atomic E-state index is 12.9. The van der Waals surface area contributed by atoms with Crippen molar-refractivity contribution in [1.82, 2.24) is 10.2 Å². The van der Waals surface area contributed by atoms with E-state index in [0.717, 1.165) is 16.9 Å². The fourth-order valence-corrected chi connectivity index (χ4v) is 3.68. The number of amides is 4.